The Balaban J connectivity index is 1.54. The Bertz CT molecular complexity index is 966. The van der Waals surface area contributed by atoms with Crippen LogP contribution in [0.5, 0.6) is 0 Å². The number of likely N-dealkylation sites (N-methyl/N-ethyl adjacent to an activating group) is 1. The van der Waals surface area contributed by atoms with E-state index in [4.69, 9.17) is 0 Å². The summed E-state index contributed by atoms with van der Waals surface area (Å²) in [5, 5.41) is 16.3. The molecule has 0 aromatic carbocycles. The van der Waals surface area contributed by atoms with Crippen molar-refractivity contribution in [1.82, 2.24) is 19.9 Å². The van der Waals surface area contributed by atoms with Crippen LogP contribution < -0.4 is 15.5 Å². The zero-order chi connectivity index (χ0) is 24.1. The lowest BCUT2D eigenvalue weighted by molar-refractivity contribution is -0.129. The SMILES string of the molecule is CC[C@H](F)CNc1ncc(-c2ccc(N3CCN(C)C(=O)C3)cn2)c(N[C@H]2CC[C@H](O)CC2)n1. The molecule has 0 unspecified atom stereocenters. The van der Waals surface area contributed by atoms with Crippen molar-refractivity contribution in [2.75, 3.05) is 48.8 Å². The fourth-order valence-electron chi connectivity index (χ4n) is 4.24. The summed E-state index contributed by atoms with van der Waals surface area (Å²) in [7, 11) is 1.82. The van der Waals surface area contributed by atoms with E-state index in [9.17, 15) is 14.3 Å². The van der Waals surface area contributed by atoms with Gasteiger partial charge in [0.1, 0.15) is 12.0 Å². The normalized spacial score (nSPS) is 21.9. The number of amides is 1. The van der Waals surface area contributed by atoms with Crippen molar-refractivity contribution in [1.29, 1.82) is 0 Å². The van der Waals surface area contributed by atoms with E-state index in [2.05, 4.69) is 25.6 Å². The first kappa shape index (κ1) is 24.1. The highest BCUT2D eigenvalue weighted by molar-refractivity contribution is 5.82. The van der Waals surface area contributed by atoms with Gasteiger partial charge in [0, 0.05) is 38.9 Å². The van der Waals surface area contributed by atoms with Gasteiger partial charge in [-0.2, -0.15) is 4.98 Å². The standard InChI is InChI=1S/C24H34FN7O2/c1-3-16(25)12-27-24-28-14-20(23(30-24)29-17-4-7-19(33)8-5-17)21-9-6-18(13-26-21)32-11-10-31(2)22(34)15-32/h6,9,13-14,16-17,19,33H,3-5,7-8,10-12,15H2,1-2H3,(H2,27,28,29,30)/t16-,17-,19-/m0/s1. The number of halogens is 1. The Kier molecular flexibility index (Phi) is 7.77. The predicted octanol–water partition coefficient (Wildman–Crippen LogP) is 2.69. The molecule has 10 heteroatoms. The number of carbonyl (C=O) groups excluding carboxylic acids is 1. The Labute approximate surface area is 199 Å². The molecular weight excluding hydrogens is 437 g/mol. The Morgan fingerprint density at radius 1 is 1.18 bits per heavy atom. The van der Waals surface area contributed by atoms with Gasteiger partial charge in [-0.1, -0.05) is 6.92 Å². The number of aliphatic hydroxyl groups excluding tert-OH is 1. The molecule has 2 aliphatic rings. The smallest absolute Gasteiger partial charge is 0.241 e. The average Bonchev–Trinajstić information content (AvgIpc) is 2.86. The molecule has 1 aliphatic heterocycles. The first-order chi connectivity index (χ1) is 16.4. The van der Waals surface area contributed by atoms with Crippen molar-refractivity contribution in [3.05, 3.63) is 24.5 Å². The molecule has 4 rings (SSSR count). The number of aliphatic hydroxyl groups is 1. The summed E-state index contributed by atoms with van der Waals surface area (Å²) in [6.07, 6.45) is 5.89. The van der Waals surface area contributed by atoms with Gasteiger partial charge in [-0.25, -0.2) is 9.37 Å². The topological polar surface area (TPSA) is 107 Å². The zero-order valence-electron chi connectivity index (χ0n) is 19.9. The third kappa shape index (κ3) is 5.91. The summed E-state index contributed by atoms with van der Waals surface area (Å²) < 4.78 is 13.7. The summed E-state index contributed by atoms with van der Waals surface area (Å²) >= 11 is 0. The highest BCUT2D eigenvalue weighted by atomic mass is 19.1. The first-order valence-corrected chi connectivity index (χ1v) is 12.1. The molecule has 184 valence electrons. The second-order valence-corrected chi connectivity index (χ2v) is 9.13. The molecule has 0 bridgehead atoms. The molecule has 3 N–H and O–H groups in total. The molecule has 3 heterocycles. The maximum atomic E-state index is 13.7. The fraction of sp³-hybridized carbons (Fsp3) is 0.583. The number of rotatable bonds is 8. The van der Waals surface area contributed by atoms with Gasteiger partial charge in [0.15, 0.2) is 0 Å². The number of aromatic nitrogens is 3. The van der Waals surface area contributed by atoms with E-state index in [-0.39, 0.29) is 24.6 Å². The number of piperazine rings is 1. The predicted molar refractivity (Wildman–Crippen MR) is 131 cm³/mol. The molecule has 34 heavy (non-hydrogen) atoms. The Hall–Kier alpha value is -3.01. The van der Waals surface area contributed by atoms with Crippen LogP contribution in [0.3, 0.4) is 0 Å². The van der Waals surface area contributed by atoms with Crippen molar-refractivity contribution < 1.29 is 14.3 Å². The van der Waals surface area contributed by atoms with Crippen LogP contribution in [0, 0.1) is 0 Å². The van der Waals surface area contributed by atoms with Gasteiger partial charge in [0.25, 0.3) is 0 Å². The number of pyridine rings is 1. The quantitative estimate of drug-likeness (QED) is 0.540. The van der Waals surface area contributed by atoms with E-state index in [0.29, 0.717) is 37.0 Å². The monoisotopic (exact) mass is 471 g/mol. The number of carbonyl (C=O) groups is 1. The maximum Gasteiger partial charge on any atom is 0.241 e. The largest absolute Gasteiger partial charge is 0.393 e. The molecule has 1 aliphatic carbocycles. The number of nitrogens with zero attached hydrogens (tertiary/aromatic N) is 5. The van der Waals surface area contributed by atoms with Gasteiger partial charge >= 0.3 is 0 Å². The Morgan fingerprint density at radius 3 is 2.65 bits per heavy atom. The minimum Gasteiger partial charge on any atom is -0.393 e. The molecule has 1 atom stereocenters. The molecule has 0 spiro atoms. The average molecular weight is 472 g/mol. The highest BCUT2D eigenvalue weighted by Gasteiger charge is 2.23. The number of hydrogen-bond donors (Lipinski definition) is 3. The fourth-order valence-corrected chi connectivity index (χ4v) is 4.24. The van der Waals surface area contributed by atoms with Gasteiger partial charge < -0.3 is 25.5 Å². The van der Waals surface area contributed by atoms with Crippen molar-refractivity contribution >= 4 is 23.4 Å². The summed E-state index contributed by atoms with van der Waals surface area (Å²) in [6.45, 7) is 3.75. The lowest BCUT2D eigenvalue weighted by Gasteiger charge is -2.33. The maximum absolute atomic E-state index is 13.7. The van der Waals surface area contributed by atoms with Gasteiger partial charge in [0.2, 0.25) is 11.9 Å². The van der Waals surface area contributed by atoms with Crippen LogP contribution in [-0.2, 0) is 4.79 Å². The van der Waals surface area contributed by atoms with E-state index >= 15 is 0 Å². The molecule has 2 aromatic heterocycles. The molecule has 1 amide bonds. The molecule has 0 radical (unpaired) electrons. The summed E-state index contributed by atoms with van der Waals surface area (Å²) in [4.78, 5) is 29.5. The number of alkyl halides is 1. The van der Waals surface area contributed by atoms with Crippen molar-refractivity contribution in [2.24, 2.45) is 0 Å². The van der Waals surface area contributed by atoms with Crippen LogP contribution in [-0.4, -0.2) is 82.4 Å². The summed E-state index contributed by atoms with van der Waals surface area (Å²) in [5.41, 5.74) is 2.37. The van der Waals surface area contributed by atoms with Crippen LogP contribution >= 0.6 is 0 Å². The van der Waals surface area contributed by atoms with Gasteiger partial charge in [-0.05, 0) is 44.2 Å². The summed E-state index contributed by atoms with van der Waals surface area (Å²) in [6, 6.07) is 4.06. The third-order valence-corrected chi connectivity index (χ3v) is 6.60. The minimum atomic E-state index is -0.963. The molecule has 1 saturated heterocycles. The van der Waals surface area contributed by atoms with Crippen LogP contribution in [0.2, 0.25) is 0 Å². The van der Waals surface area contributed by atoms with Crippen molar-refractivity contribution in [3.63, 3.8) is 0 Å². The van der Waals surface area contributed by atoms with E-state index in [1.54, 1.807) is 24.2 Å². The molecule has 2 aromatic rings. The lowest BCUT2D eigenvalue weighted by Crippen LogP contribution is -2.48. The van der Waals surface area contributed by atoms with E-state index in [1.165, 1.54) is 0 Å². The van der Waals surface area contributed by atoms with Crippen LogP contribution in [0.15, 0.2) is 24.5 Å². The number of anilines is 3. The molecule has 9 nitrogen and oxygen atoms in total. The second kappa shape index (κ2) is 10.9. The first-order valence-electron chi connectivity index (χ1n) is 12.1. The van der Waals surface area contributed by atoms with E-state index < -0.39 is 6.17 Å². The lowest BCUT2D eigenvalue weighted by atomic mass is 9.93. The summed E-state index contributed by atoms with van der Waals surface area (Å²) in [5.74, 6) is 1.10. The van der Waals surface area contributed by atoms with Crippen LogP contribution in [0.1, 0.15) is 39.0 Å². The van der Waals surface area contributed by atoms with Gasteiger partial charge in [-0.3, -0.25) is 9.78 Å². The zero-order valence-corrected chi connectivity index (χ0v) is 19.9. The second-order valence-electron chi connectivity index (χ2n) is 9.13. The van der Waals surface area contributed by atoms with Crippen LogP contribution in [0.4, 0.5) is 21.8 Å². The van der Waals surface area contributed by atoms with Gasteiger partial charge in [-0.15, -0.1) is 0 Å². The Morgan fingerprint density at radius 2 is 1.97 bits per heavy atom. The number of nitrogens with one attached hydrogen (secondary N) is 2. The van der Waals surface area contributed by atoms with Crippen molar-refractivity contribution in [3.8, 4) is 11.3 Å². The molecular formula is C24H34FN7O2. The number of hydrogen-bond acceptors (Lipinski definition) is 8. The molecule has 1 saturated carbocycles. The molecule has 2 fully saturated rings. The van der Waals surface area contributed by atoms with Gasteiger partial charge in [0.05, 0.1) is 35.8 Å². The highest BCUT2D eigenvalue weighted by Crippen LogP contribution is 2.30. The van der Waals surface area contributed by atoms with Crippen LogP contribution in [0.25, 0.3) is 11.3 Å². The van der Waals surface area contributed by atoms with E-state index in [0.717, 1.165) is 43.5 Å². The minimum absolute atomic E-state index is 0.0921. The van der Waals surface area contributed by atoms with Crippen molar-refractivity contribution in [2.45, 2.75) is 57.3 Å². The van der Waals surface area contributed by atoms with E-state index in [1.807, 2.05) is 24.1 Å². The third-order valence-electron chi connectivity index (χ3n) is 6.60.